The Morgan fingerprint density at radius 3 is 2.38 bits per heavy atom. The molecule has 0 aliphatic rings. The van der Waals surface area contributed by atoms with E-state index in [1.165, 1.54) is 0 Å². The summed E-state index contributed by atoms with van der Waals surface area (Å²) < 4.78 is 32.5. The van der Waals surface area contributed by atoms with Gasteiger partial charge in [0.15, 0.2) is 5.76 Å². The Morgan fingerprint density at radius 2 is 1.71 bits per heavy atom. The second-order valence-electron chi connectivity index (χ2n) is 5.32. The van der Waals surface area contributed by atoms with Crippen molar-refractivity contribution in [1.29, 1.82) is 0 Å². The van der Waals surface area contributed by atoms with Crippen molar-refractivity contribution in [2.45, 2.75) is 18.2 Å². The van der Waals surface area contributed by atoms with Crippen LogP contribution in [0.3, 0.4) is 0 Å². The van der Waals surface area contributed by atoms with Crippen LogP contribution in [0.5, 0.6) is 0 Å². The molecule has 1 aromatic heterocycles. The zero-order valence-corrected chi connectivity index (χ0v) is 14.1. The molecular weight excluding hydrogens is 324 g/mol. The monoisotopic (exact) mass is 342 g/mol. The van der Waals surface area contributed by atoms with Crippen LogP contribution in [-0.4, -0.2) is 19.9 Å². The predicted octanol–water partition coefficient (Wildman–Crippen LogP) is 3.70. The molecule has 0 amide bonds. The Bertz CT molecular complexity index is 901. The molecule has 0 saturated heterocycles. The van der Waals surface area contributed by atoms with Crippen LogP contribution >= 0.6 is 0 Å². The molecule has 0 atom stereocenters. The highest BCUT2D eigenvalue weighted by Gasteiger charge is 2.14. The molecule has 1 N–H and O–H groups in total. The fraction of sp³-hybridized carbons (Fsp3) is 0.167. The maximum Gasteiger partial charge on any atom is 0.240 e. The third-order valence-corrected chi connectivity index (χ3v) is 4.99. The molecule has 0 spiro atoms. The molecule has 0 radical (unpaired) electrons. The smallest absolute Gasteiger partial charge is 0.240 e. The van der Waals surface area contributed by atoms with Crippen molar-refractivity contribution in [3.05, 3.63) is 60.8 Å². The standard InChI is InChI=1S/C18H18N2O3S/c1-2-12-20-24(21,22)16-10-8-15(9-11-16)18-19-13-17(23-18)14-6-4-3-5-7-14/h3-11,13,20H,2,12H2,1H3. The number of hydrogen-bond acceptors (Lipinski definition) is 4. The van der Waals surface area contributed by atoms with Gasteiger partial charge in [0.05, 0.1) is 11.1 Å². The van der Waals surface area contributed by atoms with Crippen LogP contribution in [0.15, 0.2) is 70.1 Å². The van der Waals surface area contributed by atoms with Gasteiger partial charge in [0.25, 0.3) is 0 Å². The van der Waals surface area contributed by atoms with Gasteiger partial charge < -0.3 is 4.42 Å². The molecule has 3 aromatic rings. The largest absolute Gasteiger partial charge is 0.436 e. The molecule has 0 bridgehead atoms. The SMILES string of the molecule is CCCNS(=O)(=O)c1ccc(-c2ncc(-c3ccccc3)o2)cc1. The Labute approximate surface area is 141 Å². The van der Waals surface area contributed by atoms with Gasteiger partial charge in [0.1, 0.15) is 0 Å². The Kier molecular flexibility index (Phi) is 4.78. The molecule has 0 saturated carbocycles. The first-order valence-corrected chi connectivity index (χ1v) is 9.20. The summed E-state index contributed by atoms with van der Waals surface area (Å²) in [6, 6.07) is 16.2. The van der Waals surface area contributed by atoms with Crippen LogP contribution in [0.1, 0.15) is 13.3 Å². The maximum absolute atomic E-state index is 12.1. The summed E-state index contributed by atoms with van der Waals surface area (Å²) in [5.41, 5.74) is 1.67. The summed E-state index contributed by atoms with van der Waals surface area (Å²) in [6.45, 7) is 2.34. The van der Waals surface area contributed by atoms with Crippen molar-refractivity contribution in [3.63, 3.8) is 0 Å². The lowest BCUT2D eigenvalue weighted by Crippen LogP contribution is -2.24. The van der Waals surface area contributed by atoms with Gasteiger partial charge in [0.2, 0.25) is 15.9 Å². The third-order valence-electron chi connectivity index (χ3n) is 3.52. The van der Waals surface area contributed by atoms with Gasteiger partial charge in [-0.25, -0.2) is 18.1 Å². The van der Waals surface area contributed by atoms with Crippen molar-refractivity contribution in [2.24, 2.45) is 0 Å². The molecule has 1 heterocycles. The lowest BCUT2D eigenvalue weighted by molar-refractivity contribution is 0.580. The highest BCUT2D eigenvalue weighted by Crippen LogP contribution is 2.26. The van der Waals surface area contributed by atoms with Crippen LogP contribution in [0.4, 0.5) is 0 Å². The first kappa shape index (κ1) is 16.4. The quantitative estimate of drug-likeness (QED) is 0.741. The van der Waals surface area contributed by atoms with E-state index < -0.39 is 10.0 Å². The van der Waals surface area contributed by atoms with E-state index in [0.29, 0.717) is 18.2 Å². The maximum atomic E-state index is 12.1. The highest BCUT2D eigenvalue weighted by atomic mass is 32.2. The number of oxazole rings is 1. The molecule has 0 fully saturated rings. The van der Waals surface area contributed by atoms with Crippen LogP contribution in [0.25, 0.3) is 22.8 Å². The number of aromatic nitrogens is 1. The first-order valence-electron chi connectivity index (χ1n) is 7.71. The zero-order valence-electron chi connectivity index (χ0n) is 13.3. The number of nitrogens with one attached hydrogen (secondary N) is 1. The summed E-state index contributed by atoms with van der Waals surface area (Å²) in [7, 11) is -3.46. The molecule has 124 valence electrons. The summed E-state index contributed by atoms with van der Waals surface area (Å²) >= 11 is 0. The lowest BCUT2D eigenvalue weighted by atomic mass is 10.2. The van der Waals surface area contributed by atoms with Crippen molar-refractivity contribution >= 4 is 10.0 Å². The number of sulfonamides is 1. The van der Waals surface area contributed by atoms with Gasteiger partial charge in [-0.1, -0.05) is 37.3 Å². The fourth-order valence-electron chi connectivity index (χ4n) is 2.24. The first-order chi connectivity index (χ1) is 11.6. The van der Waals surface area contributed by atoms with Crippen molar-refractivity contribution in [1.82, 2.24) is 9.71 Å². The zero-order chi connectivity index (χ0) is 17.0. The van der Waals surface area contributed by atoms with E-state index in [-0.39, 0.29) is 4.90 Å². The van der Waals surface area contributed by atoms with Crippen molar-refractivity contribution in [3.8, 4) is 22.8 Å². The molecule has 5 nitrogen and oxygen atoms in total. The van der Waals surface area contributed by atoms with Crippen molar-refractivity contribution in [2.75, 3.05) is 6.54 Å². The van der Waals surface area contributed by atoms with E-state index in [9.17, 15) is 8.42 Å². The second-order valence-corrected chi connectivity index (χ2v) is 7.08. The third kappa shape index (κ3) is 3.55. The number of rotatable bonds is 6. The topological polar surface area (TPSA) is 72.2 Å². The second kappa shape index (κ2) is 6.98. The van der Waals surface area contributed by atoms with Crippen molar-refractivity contribution < 1.29 is 12.8 Å². The molecular formula is C18H18N2O3S. The van der Waals surface area contributed by atoms with E-state index in [1.807, 2.05) is 37.3 Å². The Morgan fingerprint density at radius 1 is 1.00 bits per heavy atom. The molecule has 6 heteroatoms. The Balaban J connectivity index is 1.83. The summed E-state index contributed by atoms with van der Waals surface area (Å²) in [5.74, 6) is 1.13. The number of hydrogen-bond donors (Lipinski definition) is 1. The normalized spacial score (nSPS) is 11.5. The minimum Gasteiger partial charge on any atom is -0.436 e. The molecule has 2 aromatic carbocycles. The average Bonchev–Trinajstić information content (AvgIpc) is 3.11. The highest BCUT2D eigenvalue weighted by molar-refractivity contribution is 7.89. The van der Waals surface area contributed by atoms with Gasteiger partial charge in [-0.3, -0.25) is 0 Å². The average molecular weight is 342 g/mol. The molecule has 3 rings (SSSR count). The summed E-state index contributed by atoms with van der Waals surface area (Å²) in [4.78, 5) is 4.50. The van der Waals surface area contributed by atoms with Crippen LogP contribution < -0.4 is 4.72 Å². The van der Waals surface area contributed by atoms with Crippen LogP contribution in [0, 0.1) is 0 Å². The fourth-order valence-corrected chi connectivity index (χ4v) is 3.37. The molecule has 0 aliphatic carbocycles. The minimum atomic E-state index is -3.46. The molecule has 24 heavy (non-hydrogen) atoms. The van der Waals surface area contributed by atoms with E-state index in [1.54, 1.807) is 30.5 Å². The molecule has 0 aliphatic heterocycles. The van der Waals surface area contributed by atoms with Gasteiger partial charge in [-0.15, -0.1) is 0 Å². The van der Waals surface area contributed by atoms with Gasteiger partial charge in [-0.05, 0) is 30.7 Å². The number of benzene rings is 2. The predicted molar refractivity (Wildman–Crippen MR) is 92.9 cm³/mol. The van der Waals surface area contributed by atoms with E-state index in [2.05, 4.69) is 9.71 Å². The summed E-state index contributed by atoms with van der Waals surface area (Å²) in [6.07, 6.45) is 2.41. The van der Waals surface area contributed by atoms with Crippen LogP contribution in [-0.2, 0) is 10.0 Å². The van der Waals surface area contributed by atoms with E-state index in [4.69, 9.17) is 4.42 Å². The summed E-state index contributed by atoms with van der Waals surface area (Å²) in [5, 5.41) is 0. The van der Waals surface area contributed by atoms with Gasteiger partial charge in [0, 0.05) is 17.7 Å². The number of nitrogens with zero attached hydrogens (tertiary/aromatic N) is 1. The van der Waals surface area contributed by atoms with E-state index in [0.717, 1.165) is 17.5 Å². The Hall–Kier alpha value is -2.44. The molecule has 0 unspecified atom stereocenters. The minimum absolute atomic E-state index is 0.231. The van der Waals surface area contributed by atoms with Crippen LogP contribution in [0.2, 0.25) is 0 Å². The van der Waals surface area contributed by atoms with Gasteiger partial charge >= 0.3 is 0 Å². The lowest BCUT2D eigenvalue weighted by Gasteiger charge is -2.05. The van der Waals surface area contributed by atoms with Gasteiger partial charge in [-0.2, -0.15) is 0 Å². The van der Waals surface area contributed by atoms with E-state index >= 15 is 0 Å².